The molecule has 0 radical (unpaired) electrons. The highest BCUT2D eigenvalue weighted by atomic mass is 32.1. The molecule has 4 aliphatic rings. The predicted molar refractivity (Wildman–Crippen MR) is 103 cm³/mol. The fourth-order valence-electron chi connectivity index (χ4n) is 5.68. The maximum absolute atomic E-state index is 13.2. The van der Waals surface area contributed by atoms with Crippen LogP contribution in [0.4, 0.5) is 4.39 Å². The van der Waals surface area contributed by atoms with Gasteiger partial charge in [-0.25, -0.2) is 4.39 Å². The van der Waals surface area contributed by atoms with Crippen molar-refractivity contribution < 1.29 is 13.9 Å². The Hall–Kier alpha value is -1.88. The molecule has 4 fully saturated rings. The quantitative estimate of drug-likeness (QED) is 0.785. The summed E-state index contributed by atoms with van der Waals surface area (Å²) in [5.74, 6) is 3.42. The van der Waals surface area contributed by atoms with Gasteiger partial charge in [-0.1, -0.05) is 6.07 Å². The van der Waals surface area contributed by atoms with Gasteiger partial charge in [-0.2, -0.15) is 0 Å². The smallest absolute Gasteiger partial charge is 0.261 e. The normalized spacial score (nSPS) is 31.1. The maximum Gasteiger partial charge on any atom is 0.261 e. The predicted octanol–water partition coefficient (Wildman–Crippen LogP) is 5.02. The van der Waals surface area contributed by atoms with E-state index in [4.69, 9.17) is 4.74 Å². The van der Waals surface area contributed by atoms with Gasteiger partial charge < -0.3 is 10.1 Å². The van der Waals surface area contributed by atoms with Crippen LogP contribution in [0.1, 0.15) is 47.3 Å². The van der Waals surface area contributed by atoms with Gasteiger partial charge >= 0.3 is 0 Å². The number of carbonyl (C=O) groups excluding carboxylic acids is 1. The van der Waals surface area contributed by atoms with Crippen LogP contribution in [-0.4, -0.2) is 11.9 Å². The summed E-state index contributed by atoms with van der Waals surface area (Å²) in [4.78, 5) is 13.5. The molecule has 27 heavy (non-hydrogen) atoms. The van der Waals surface area contributed by atoms with Gasteiger partial charge in [0.25, 0.3) is 5.91 Å². The second kappa shape index (κ2) is 6.93. The SMILES string of the molecule is O=C(NC1C2CC3CC(C2)CC1C3)c1cc(COc2cccc(F)c2)cs1. The first kappa shape index (κ1) is 17.2. The number of carbonyl (C=O) groups is 1. The highest BCUT2D eigenvalue weighted by Gasteiger charge is 2.48. The Bertz CT molecular complexity index is 820. The molecular formula is C22H24FNO2S. The van der Waals surface area contributed by atoms with Gasteiger partial charge in [0.15, 0.2) is 0 Å². The molecule has 2 aromatic rings. The standard InChI is InChI=1S/C22H24FNO2S/c23-18-2-1-3-19(10-18)26-11-15-9-20(27-12-15)22(25)24-21-16-5-13-4-14(7-16)8-17(21)6-13/h1-3,9-10,12-14,16-17,21H,4-8,11H2,(H,24,25). The van der Waals surface area contributed by atoms with Crippen molar-refractivity contribution in [1.29, 1.82) is 0 Å². The average Bonchev–Trinajstić information content (AvgIpc) is 3.11. The molecule has 4 aliphatic carbocycles. The molecule has 6 rings (SSSR count). The van der Waals surface area contributed by atoms with E-state index in [2.05, 4.69) is 5.32 Å². The molecule has 0 spiro atoms. The highest BCUT2D eigenvalue weighted by Crippen LogP contribution is 2.53. The van der Waals surface area contributed by atoms with Crippen molar-refractivity contribution in [2.75, 3.05) is 0 Å². The number of benzene rings is 1. The number of nitrogens with one attached hydrogen (secondary N) is 1. The van der Waals surface area contributed by atoms with Crippen molar-refractivity contribution in [1.82, 2.24) is 5.32 Å². The van der Waals surface area contributed by atoms with E-state index in [9.17, 15) is 9.18 Å². The molecule has 1 N–H and O–H groups in total. The molecule has 3 nitrogen and oxygen atoms in total. The zero-order chi connectivity index (χ0) is 18.4. The van der Waals surface area contributed by atoms with E-state index in [1.807, 2.05) is 11.4 Å². The first-order chi connectivity index (χ1) is 13.1. The zero-order valence-electron chi connectivity index (χ0n) is 15.2. The van der Waals surface area contributed by atoms with E-state index in [1.165, 1.54) is 55.6 Å². The molecule has 1 amide bonds. The number of halogens is 1. The Balaban J connectivity index is 1.20. The summed E-state index contributed by atoms with van der Waals surface area (Å²) >= 11 is 1.46. The van der Waals surface area contributed by atoms with Crippen LogP contribution in [0, 0.1) is 29.5 Å². The third-order valence-electron chi connectivity index (χ3n) is 6.60. The van der Waals surface area contributed by atoms with Crippen LogP contribution in [0.3, 0.4) is 0 Å². The molecular weight excluding hydrogens is 361 g/mol. The summed E-state index contributed by atoms with van der Waals surface area (Å²) < 4.78 is 18.8. The largest absolute Gasteiger partial charge is 0.489 e. The number of amides is 1. The second-order valence-corrected chi connectivity index (χ2v) is 9.41. The highest BCUT2D eigenvalue weighted by molar-refractivity contribution is 7.12. The Morgan fingerprint density at radius 1 is 1.11 bits per heavy atom. The Morgan fingerprint density at radius 3 is 2.56 bits per heavy atom. The molecule has 142 valence electrons. The molecule has 0 unspecified atom stereocenters. The monoisotopic (exact) mass is 385 g/mol. The minimum absolute atomic E-state index is 0.0504. The molecule has 0 aliphatic heterocycles. The molecule has 0 atom stereocenters. The lowest BCUT2D eigenvalue weighted by molar-refractivity contribution is -0.0119. The van der Waals surface area contributed by atoms with Gasteiger partial charge in [-0.15, -0.1) is 11.3 Å². The summed E-state index contributed by atoms with van der Waals surface area (Å²) in [6.07, 6.45) is 6.63. The molecule has 5 heteroatoms. The van der Waals surface area contributed by atoms with Gasteiger partial charge in [0.1, 0.15) is 18.2 Å². The lowest BCUT2D eigenvalue weighted by atomic mass is 9.54. The van der Waals surface area contributed by atoms with Gasteiger partial charge in [0.05, 0.1) is 4.88 Å². The van der Waals surface area contributed by atoms with Crippen LogP contribution in [0.5, 0.6) is 5.75 Å². The summed E-state index contributed by atoms with van der Waals surface area (Å²) in [6.45, 7) is 0.339. The number of ether oxygens (including phenoxy) is 1. The van der Waals surface area contributed by atoms with Crippen LogP contribution >= 0.6 is 11.3 Å². The minimum atomic E-state index is -0.312. The number of hydrogen-bond acceptors (Lipinski definition) is 3. The van der Waals surface area contributed by atoms with E-state index >= 15 is 0 Å². The topological polar surface area (TPSA) is 38.3 Å². The van der Waals surface area contributed by atoms with Crippen LogP contribution in [-0.2, 0) is 6.61 Å². The van der Waals surface area contributed by atoms with E-state index in [0.29, 0.717) is 30.2 Å². The molecule has 1 aromatic carbocycles. The average molecular weight is 386 g/mol. The van der Waals surface area contributed by atoms with Crippen molar-refractivity contribution in [2.45, 2.75) is 44.8 Å². The fourth-order valence-corrected chi connectivity index (χ4v) is 6.48. The van der Waals surface area contributed by atoms with Gasteiger partial charge in [-0.05, 0) is 79.4 Å². The molecule has 4 saturated carbocycles. The second-order valence-electron chi connectivity index (χ2n) is 8.50. The van der Waals surface area contributed by atoms with E-state index in [1.54, 1.807) is 12.1 Å². The van der Waals surface area contributed by atoms with E-state index < -0.39 is 0 Å². The molecule has 4 bridgehead atoms. The summed E-state index contributed by atoms with van der Waals surface area (Å²) in [5.41, 5.74) is 0.944. The van der Waals surface area contributed by atoms with Crippen molar-refractivity contribution in [2.24, 2.45) is 23.7 Å². The molecule has 1 heterocycles. The summed E-state index contributed by atoms with van der Waals surface area (Å²) in [7, 11) is 0. The Morgan fingerprint density at radius 2 is 1.85 bits per heavy atom. The van der Waals surface area contributed by atoms with Crippen molar-refractivity contribution in [3.8, 4) is 5.75 Å². The lowest BCUT2D eigenvalue weighted by Crippen LogP contribution is -2.55. The minimum Gasteiger partial charge on any atom is -0.489 e. The molecule has 0 saturated heterocycles. The van der Waals surface area contributed by atoms with Crippen LogP contribution < -0.4 is 10.1 Å². The van der Waals surface area contributed by atoms with Gasteiger partial charge in [0, 0.05) is 17.7 Å². The molecule has 1 aromatic heterocycles. The number of thiophene rings is 1. The van der Waals surface area contributed by atoms with Crippen LogP contribution in [0.15, 0.2) is 35.7 Å². The van der Waals surface area contributed by atoms with Gasteiger partial charge in [0.2, 0.25) is 0 Å². The first-order valence-electron chi connectivity index (χ1n) is 9.90. The Labute approximate surface area is 162 Å². The number of hydrogen-bond donors (Lipinski definition) is 1. The zero-order valence-corrected chi connectivity index (χ0v) is 16.0. The maximum atomic E-state index is 13.2. The fraction of sp³-hybridized carbons (Fsp3) is 0.500. The summed E-state index contributed by atoms with van der Waals surface area (Å²) in [5, 5.41) is 5.30. The van der Waals surface area contributed by atoms with Crippen LogP contribution in [0.25, 0.3) is 0 Å². The first-order valence-corrected chi connectivity index (χ1v) is 10.8. The van der Waals surface area contributed by atoms with Gasteiger partial charge in [-0.3, -0.25) is 4.79 Å². The summed E-state index contributed by atoms with van der Waals surface area (Å²) in [6, 6.07) is 8.38. The third kappa shape index (κ3) is 3.49. The van der Waals surface area contributed by atoms with Crippen molar-refractivity contribution >= 4 is 17.2 Å². The lowest BCUT2D eigenvalue weighted by Gasteiger charge is -2.54. The van der Waals surface area contributed by atoms with E-state index in [0.717, 1.165) is 22.3 Å². The third-order valence-corrected chi connectivity index (χ3v) is 7.58. The number of rotatable bonds is 5. The van der Waals surface area contributed by atoms with Crippen LogP contribution in [0.2, 0.25) is 0 Å². The van der Waals surface area contributed by atoms with Crippen molar-refractivity contribution in [3.05, 3.63) is 52.0 Å². The van der Waals surface area contributed by atoms with E-state index in [-0.39, 0.29) is 11.7 Å². The Kier molecular flexibility index (Phi) is 4.43. The van der Waals surface area contributed by atoms with Crippen molar-refractivity contribution in [3.63, 3.8) is 0 Å².